The highest BCUT2D eigenvalue weighted by atomic mass is 16.5. The molecule has 2 amide bonds. The van der Waals surface area contributed by atoms with Gasteiger partial charge in [-0.3, -0.25) is 0 Å². The van der Waals surface area contributed by atoms with Crippen LogP contribution in [0.1, 0.15) is 6.42 Å². The minimum Gasteiger partial charge on any atom is -0.495 e. The standard InChI is InChI=1S/C13H19N3O2/c1-14-10-7-8-16(9-10)13(17)15-11-5-3-4-6-12(11)18-2/h3-6,10,14H,7-9H2,1-2H3,(H,15,17)/t10-/m1/s1. The van der Waals surface area contributed by atoms with E-state index in [1.807, 2.05) is 36.2 Å². The number of amides is 2. The van der Waals surface area contributed by atoms with E-state index < -0.39 is 0 Å². The largest absolute Gasteiger partial charge is 0.495 e. The number of benzene rings is 1. The lowest BCUT2D eigenvalue weighted by Crippen LogP contribution is -2.36. The van der Waals surface area contributed by atoms with Gasteiger partial charge in [-0.2, -0.15) is 0 Å². The molecule has 1 saturated heterocycles. The minimum atomic E-state index is -0.0720. The topological polar surface area (TPSA) is 53.6 Å². The van der Waals surface area contributed by atoms with Crippen LogP contribution in [0.5, 0.6) is 5.75 Å². The second-order valence-electron chi connectivity index (χ2n) is 4.35. The maximum absolute atomic E-state index is 12.1. The molecule has 1 fully saturated rings. The number of hydrogen-bond donors (Lipinski definition) is 2. The Balaban J connectivity index is 1.99. The number of para-hydroxylation sites is 2. The molecule has 5 nitrogen and oxygen atoms in total. The first kappa shape index (κ1) is 12.7. The Hall–Kier alpha value is -1.75. The maximum Gasteiger partial charge on any atom is 0.322 e. The molecule has 2 N–H and O–H groups in total. The number of hydrogen-bond acceptors (Lipinski definition) is 3. The summed E-state index contributed by atoms with van der Waals surface area (Å²) in [6, 6.07) is 7.74. The number of likely N-dealkylation sites (tertiary alicyclic amines) is 1. The molecule has 0 unspecified atom stereocenters. The monoisotopic (exact) mass is 249 g/mol. The van der Waals surface area contributed by atoms with Gasteiger partial charge < -0.3 is 20.3 Å². The van der Waals surface area contributed by atoms with Crippen LogP contribution in [-0.2, 0) is 0 Å². The number of nitrogens with zero attached hydrogens (tertiary/aromatic N) is 1. The van der Waals surface area contributed by atoms with E-state index in [0.29, 0.717) is 17.5 Å². The Morgan fingerprint density at radius 1 is 1.44 bits per heavy atom. The molecule has 0 aliphatic carbocycles. The fraction of sp³-hybridized carbons (Fsp3) is 0.462. The number of carbonyl (C=O) groups excluding carboxylic acids is 1. The number of ether oxygens (including phenoxy) is 1. The summed E-state index contributed by atoms with van der Waals surface area (Å²) < 4.78 is 5.21. The summed E-state index contributed by atoms with van der Waals surface area (Å²) in [7, 11) is 3.52. The van der Waals surface area contributed by atoms with Crippen LogP contribution in [0.2, 0.25) is 0 Å². The molecule has 5 heteroatoms. The van der Waals surface area contributed by atoms with Gasteiger partial charge in [0.1, 0.15) is 5.75 Å². The lowest BCUT2D eigenvalue weighted by Gasteiger charge is -2.18. The smallest absolute Gasteiger partial charge is 0.322 e. The highest BCUT2D eigenvalue weighted by molar-refractivity contribution is 5.91. The number of anilines is 1. The molecule has 18 heavy (non-hydrogen) atoms. The van der Waals surface area contributed by atoms with Crippen LogP contribution in [0.25, 0.3) is 0 Å². The molecule has 1 atom stereocenters. The van der Waals surface area contributed by atoms with Crippen LogP contribution in [0.4, 0.5) is 10.5 Å². The molecular formula is C13H19N3O2. The summed E-state index contributed by atoms with van der Waals surface area (Å²) in [5, 5.41) is 6.07. The van der Waals surface area contributed by atoms with E-state index in [1.54, 1.807) is 7.11 Å². The van der Waals surface area contributed by atoms with E-state index in [4.69, 9.17) is 4.74 Å². The predicted octanol–water partition coefficient (Wildman–Crippen LogP) is 1.52. The van der Waals surface area contributed by atoms with E-state index >= 15 is 0 Å². The quantitative estimate of drug-likeness (QED) is 0.854. The molecule has 0 bridgehead atoms. The van der Waals surface area contributed by atoms with Crippen molar-refractivity contribution in [3.63, 3.8) is 0 Å². The summed E-state index contributed by atoms with van der Waals surface area (Å²) in [5.41, 5.74) is 0.706. The van der Waals surface area contributed by atoms with Crippen LogP contribution >= 0.6 is 0 Å². The van der Waals surface area contributed by atoms with Crippen molar-refractivity contribution >= 4 is 11.7 Å². The Labute approximate surface area is 107 Å². The fourth-order valence-electron chi connectivity index (χ4n) is 2.12. The summed E-state index contributed by atoms with van der Waals surface area (Å²) in [6.45, 7) is 1.53. The molecule has 0 aromatic heterocycles. The Kier molecular flexibility index (Phi) is 4.04. The van der Waals surface area contributed by atoms with Gasteiger partial charge in [-0.15, -0.1) is 0 Å². The second kappa shape index (κ2) is 5.73. The van der Waals surface area contributed by atoms with Crippen molar-refractivity contribution in [1.82, 2.24) is 10.2 Å². The second-order valence-corrected chi connectivity index (χ2v) is 4.35. The zero-order valence-electron chi connectivity index (χ0n) is 10.8. The first-order chi connectivity index (χ1) is 8.74. The highest BCUT2D eigenvalue weighted by Gasteiger charge is 2.25. The van der Waals surface area contributed by atoms with E-state index in [-0.39, 0.29) is 6.03 Å². The molecule has 1 aliphatic heterocycles. The molecule has 0 saturated carbocycles. The van der Waals surface area contributed by atoms with Gasteiger partial charge >= 0.3 is 6.03 Å². The van der Waals surface area contributed by atoms with Crippen molar-refractivity contribution in [1.29, 1.82) is 0 Å². The van der Waals surface area contributed by atoms with Crippen LogP contribution in [0.3, 0.4) is 0 Å². The Morgan fingerprint density at radius 3 is 2.89 bits per heavy atom. The number of nitrogens with one attached hydrogen (secondary N) is 2. The van der Waals surface area contributed by atoms with Crippen molar-refractivity contribution in [2.45, 2.75) is 12.5 Å². The van der Waals surface area contributed by atoms with Crippen LogP contribution in [0, 0.1) is 0 Å². The molecule has 1 aromatic carbocycles. The van der Waals surface area contributed by atoms with Gasteiger partial charge in [-0.25, -0.2) is 4.79 Å². The molecule has 2 rings (SSSR count). The molecule has 1 aliphatic rings. The van der Waals surface area contributed by atoms with Crippen molar-refractivity contribution < 1.29 is 9.53 Å². The summed E-state index contributed by atoms with van der Waals surface area (Å²) >= 11 is 0. The summed E-state index contributed by atoms with van der Waals surface area (Å²) in [5.74, 6) is 0.676. The lowest BCUT2D eigenvalue weighted by atomic mass is 10.3. The molecule has 1 aromatic rings. The predicted molar refractivity (Wildman–Crippen MR) is 71.1 cm³/mol. The van der Waals surface area contributed by atoms with Gasteiger partial charge in [-0.1, -0.05) is 12.1 Å². The highest BCUT2D eigenvalue weighted by Crippen LogP contribution is 2.23. The van der Waals surface area contributed by atoms with E-state index in [0.717, 1.165) is 19.5 Å². The van der Waals surface area contributed by atoms with Crippen LogP contribution < -0.4 is 15.4 Å². The molecule has 98 valence electrons. The minimum absolute atomic E-state index is 0.0720. The maximum atomic E-state index is 12.1. The number of likely N-dealkylation sites (N-methyl/N-ethyl adjacent to an activating group) is 1. The zero-order valence-corrected chi connectivity index (χ0v) is 10.8. The fourth-order valence-corrected chi connectivity index (χ4v) is 2.12. The third-order valence-corrected chi connectivity index (χ3v) is 3.23. The zero-order chi connectivity index (χ0) is 13.0. The SMILES string of the molecule is CN[C@@H]1CCN(C(=O)Nc2ccccc2OC)C1. The first-order valence-corrected chi connectivity index (χ1v) is 6.11. The number of rotatable bonds is 3. The number of urea groups is 1. The van der Waals surface area contributed by atoms with Gasteiger partial charge in [0.2, 0.25) is 0 Å². The number of carbonyl (C=O) groups is 1. The van der Waals surface area contributed by atoms with Crippen molar-refractivity contribution in [3.05, 3.63) is 24.3 Å². The van der Waals surface area contributed by atoms with Crippen LogP contribution in [0.15, 0.2) is 24.3 Å². The van der Waals surface area contributed by atoms with Crippen LogP contribution in [-0.4, -0.2) is 44.2 Å². The third-order valence-electron chi connectivity index (χ3n) is 3.23. The summed E-state index contributed by atoms with van der Waals surface area (Å²) in [6.07, 6.45) is 0.996. The van der Waals surface area contributed by atoms with Gasteiger partial charge in [0.15, 0.2) is 0 Å². The number of methoxy groups -OCH3 is 1. The van der Waals surface area contributed by atoms with E-state index in [2.05, 4.69) is 10.6 Å². The molecule has 0 spiro atoms. The van der Waals surface area contributed by atoms with Gasteiger partial charge in [0.05, 0.1) is 12.8 Å². The molecule has 0 radical (unpaired) electrons. The lowest BCUT2D eigenvalue weighted by molar-refractivity contribution is 0.221. The van der Waals surface area contributed by atoms with Crippen molar-refractivity contribution in [2.75, 3.05) is 32.6 Å². The van der Waals surface area contributed by atoms with Gasteiger partial charge in [-0.05, 0) is 25.6 Å². The van der Waals surface area contributed by atoms with Crippen molar-refractivity contribution in [3.8, 4) is 5.75 Å². The normalized spacial score (nSPS) is 18.8. The molecule has 1 heterocycles. The summed E-state index contributed by atoms with van der Waals surface area (Å²) in [4.78, 5) is 13.9. The molecular weight excluding hydrogens is 230 g/mol. The van der Waals surface area contributed by atoms with Gasteiger partial charge in [0.25, 0.3) is 0 Å². The van der Waals surface area contributed by atoms with Gasteiger partial charge in [0, 0.05) is 19.1 Å². The average Bonchev–Trinajstić information content (AvgIpc) is 2.88. The first-order valence-electron chi connectivity index (χ1n) is 6.11. The van der Waals surface area contributed by atoms with E-state index in [1.165, 1.54) is 0 Å². The third kappa shape index (κ3) is 2.73. The Bertz CT molecular complexity index is 422. The Morgan fingerprint density at radius 2 is 2.22 bits per heavy atom. The van der Waals surface area contributed by atoms with E-state index in [9.17, 15) is 4.79 Å². The average molecular weight is 249 g/mol. The van der Waals surface area contributed by atoms with Crippen molar-refractivity contribution in [2.24, 2.45) is 0 Å².